The summed E-state index contributed by atoms with van der Waals surface area (Å²) in [5.41, 5.74) is 1.19. The lowest BCUT2D eigenvalue weighted by Gasteiger charge is -2.08. The molecule has 1 fully saturated rings. The first-order valence-corrected chi connectivity index (χ1v) is 4.67. The van der Waals surface area contributed by atoms with E-state index in [-0.39, 0.29) is 4.75 Å². The van der Waals surface area contributed by atoms with E-state index in [9.17, 15) is 0 Å². The Balaban J connectivity index is 2.26. The average Bonchev–Trinajstić information content (AvgIpc) is 2.88. The van der Waals surface area contributed by atoms with Gasteiger partial charge in [-0.15, -0.1) is 0 Å². The smallest absolute Gasteiger partial charge is 0.134 e. The SMILES string of the molecule is N#CSC1(c2cccnc2)CC1. The van der Waals surface area contributed by atoms with Gasteiger partial charge in [-0.2, -0.15) is 5.26 Å². The molecule has 2 nitrogen and oxygen atoms in total. The largest absolute Gasteiger partial charge is 0.264 e. The Kier molecular flexibility index (Phi) is 1.78. The van der Waals surface area contributed by atoms with Crippen LogP contribution in [0.25, 0.3) is 0 Å². The topological polar surface area (TPSA) is 36.7 Å². The quantitative estimate of drug-likeness (QED) is 0.649. The average molecular weight is 176 g/mol. The van der Waals surface area contributed by atoms with Crippen molar-refractivity contribution in [1.29, 1.82) is 5.26 Å². The van der Waals surface area contributed by atoms with Crippen molar-refractivity contribution in [1.82, 2.24) is 4.98 Å². The number of aromatic nitrogens is 1. The molecule has 0 aromatic carbocycles. The lowest BCUT2D eigenvalue weighted by molar-refractivity contribution is 1.02. The van der Waals surface area contributed by atoms with E-state index in [1.165, 1.54) is 17.3 Å². The maximum atomic E-state index is 8.60. The molecule has 0 N–H and O–H groups in total. The Morgan fingerprint density at radius 2 is 2.42 bits per heavy atom. The maximum Gasteiger partial charge on any atom is 0.134 e. The third kappa shape index (κ3) is 1.19. The lowest BCUT2D eigenvalue weighted by Crippen LogP contribution is -1.99. The van der Waals surface area contributed by atoms with Gasteiger partial charge in [0.05, 0.1) is 4.75 Å². The highest BCUT2D eigenvalue weighted by molar-refractivity contribution is 8.04. The second-order valence-corrected chi connectivity index (χ2v) is 4.10. The molecule has 1 aromatic rings. The third-order valence-electron chi connectivity index (χ3n) is 2.13. The molecule has 0 amide bonds. The molecule has 1 aromatic heterocycles. The summed E-state index contributed by atoms with van der Waals surface area (Å²) in [5.74, 6) is 0. The number of thiocyanates is 1. The Labute approximate surface area is 75.6 Å². The van der Waals surface area contributed by atoms with Crippen LogP contribution in [0.3, 0.4) is 0 Å². The summed E-state index contributed by atoms with van der Waals surface area (Å²) in [5, 5.41) is 10.8. The summed E-state index contributed by atoms with van der Waals surface area (Å²) in [6.07, 6.45) is 5.84. The van der Waals surface area contributed by atoms with E-state index in [0.717, 1.165) is 12.8 Å². The van der Waals surface area contributed by atoms with Crippen LogP contribution < -0.4 is 0 Å². The van der Waals surface area contributed by atoms with Gasteiger partial charge in [0, 0.05) is 12.4 Å². The van der Waals surface area contributed by atoms with Crippen molar-refractivity contribution in [2.75, 3.05) is 0 Å². The number of pyridine rings is 1. The van der Waals surface area contributed by atoms with Gasteiger partial charge in [0.25, 0.3) is 0 Å². The van der Waals surface area contributed by atoms with Crippen LogP contribution in [-0.4, -0.2) is 4.98 Å². The Bertz CT molecular complexity index is 311. The van der Waals surface area contributed by atoms with Gasteiger partial charge in [0.15, 0.2) is 0 Å². The normalized spacial score (nSPS) is 18.2. The number of hydrogen-bond acceptors (Lipinski definition) is 3. The summed E-state index contributed by atoms with van der Waals surface area (Å²) in [6, 6.07) is 3.97. The van der Waals surface area contributed by atoms with Crippen molar-refractivity contribution in [2.45, 2.75) is 17.6 Å². The van der Waals surface area contributed by atoms with Crippen LogP contribution in [0.15, 0.2) is 24.5 Å². The molecule has 0 radical (unpaired) electrons. The zero-order valence-electron chi connectivity index (χ0n) is 6.53. The molecular weight excluding hydrogens is 168 g/mol. The predicted octanol–water partition coefficient (Wildman–Crippen LogP) is 2.28. The van der Waals surface area contributed by atoms with E-state index < -0.39 is 0 Å². The second kappa shape index (κ2) is 2.80. The fourth-order valence-corrected chi connectivity index (χ4v) is 2.00. The molecule has 3 heteroatoms. The van der Waals surface area contributed by atoms with Crippen LogP contribution in [0, 0.1) is 10.7 Å². The van der Waals surface area contributed by atoms with Crippen LogP contribution in [-0.2, 0) is 4.75 Å². The molecule has 60 valence electrons. The fraction of sp³-hybridized carbons (Fsp3) is 0.333. The molecular formula is C9H8N2S. The van der Waals surface area contributed by atoms with Gasteiger partial charge < -0.3 is 0 Å². The second-order valence-electron chi connectivity index (χ2n) is 2.93. The molecule has 0 aliphatic heterocycles. The first-order chi connectivity index (χ1) is 5.87. The van der Waals surface area contributed by atoms with Crippen LogP contribution >= 0.6 is 11.8 Å². The van der Waals surface area contributed by atoms with E-state index in [1.54, 1.807) is 6.20 Å². The minimum atomic E-state index is 0.0863. The number of nitrogens with zero attached hydrogens (tertiary/aromatic N) is 2. The molecule has 2 rings (SSSR count). The van der Waals surface area contributed by atoms with Gasteiger partial charge >= 0.3 is 0 Å². The molecule has 0 spiro atoms. The Hall–Kier alpha value is -1.01. The zero-order chi connectivity index (χ0) is 8.44. The number of nitriles is 1. The molecule has 1 heterocycles. The molecule has 0 bridgehead atoms. The number of rotatable bonds is 2. The molecule has 1 aliphatic rings. The van der Waals surface area contributed by atoms with Gasteiger partial charge in [-0.25, -0.2) is 0 Å². The van der Waals surface area contributed by atoms with Crippen LogP contribution in [0.2, 0.25) is 0 Å². The molecule has 1 saturated carbocycles. The highest BCUT2D eigenvalue weighted by Gasteiger charge is 2.45. The third-order valence-corrected chi connectivity index (χ3v) is 3.26. The van der Waals surface area contributed by atoms with Crippen LogP contribution in [0.5, 0.6) is 0 Å². The fourth-order valence-electron chi connectivity index (χ4n) is 1.28. The number of thioether (sulfide) groups is 1. The van der Waals surface area contributed by atoms with Crippen LogP contribution in [0.1, 0.15) is 18.4 Å². The minimum absolute atomic E-state index is 0.0863. The van der Waals surface area contributed by atoms with Crippen molar-refractivity contribution in [3.63, 3.8) is 0 Å². The lowest BCUT2D eigenvalue weighted by atomic mass is 10.2. The first kappa shape index (κ1) is 7.63. The van der Waals surface area contributed by atoms with E-state index in [2.05, 4.69) is 10.4 Å². The van der Waals surface area contributed by atoms with Gasteiger partial charge in [0.2, 0.25) is 0 Å². The predicted molar refractivity (Wildman–Crippen MR) is 48.4 cm³/mol. The first-order valence-electron chi connectivity index (χ1n) is 3.85. The van der Waals surface area contributed by atoms with Gasteiger partial charge in [-0.3, -0.25) is 4.98 Å². The summed E-state index contributed by atoms with van der Waals surface area (Å²) < 4.78 is 0.0863. The van der Waals surface area contributed by atoms with E-state index >= 15 is 0 Å². The van der Waals surface area contributed by atoms with Crippen molar-refractivity contribution >= 4 is 11.8 Å². The minimum Gasteiger partial charge on any atom is -0.264 e. The number of hydrogen-bond donors (Lipinski definition) is 0. The van der Waals surface area contributed by atoms with Crippen LogP contribution in [0.4, 0.5) is 0 Å². The van der Waals surface area contributed by atoms with Crippen molar-refractivity contribution in [2.24, 2.45) is 0 Å². The molecule has 1 aliphatic carbocycles. The molecule has 0 unspecified atom stereocenters. The van der Waals surface area contributed by atoms with E-state index in [0.29, 0.717) is 0 Å². The van der Waals surface area contributed by atoms with Crippen molar-refractivity contribution < 1.29 is 0 Å². The van der Waals surface area contributed by atoms with E-state index in [4.69, 9.17) is 5.26 Å². The Morgan fingerprint density at radius 1 is 1.58 bits per heavy atom. The maximum absolute atomic E-state index is 8.60. The molecule has 0 atom stereocenters. The van der Waals surface area contributed by atoms with E-state index in [1.807, 2.05) is 18.3 Å². The zero-order valence-corrected chi connectivity index (χ0v) is 7.34. The van der Waals surface area contributed by atoms with Gasteiger partial charge in [-0.1, -0.05) is 6.07 Å². The molecule has 12 heavy (non-hydrogen) atoms. The summed E-state index contributed by atoms with van der Waals surface area (Å²) in [7, 11) is 0. The van der Waals surface area contributed by atoms with Crippen molar-refractivity contribution in [3.05, 3.63) is 30.1 Å². The van der Waals surface area contributed by atoms with Crippen molar-refractivity contribution in [3.8, 4) is 5.40 Å². The summed E-state index contributed by atoms with van der Waals surface area (Å²) >= 11 is 1.36. The summed E-state index contributed by atoms with van der Waals surface area (Å²) in [6.45, 7) is 0. The highest BCUT2D eigenvalue weighted by atomic mass is 32.2. The monoisotopic (exact) mass is 176 g/mol. The highest BCUT2D eigenvalue weighted by Crippen LogP contribution is 2.56. The van der Waals surface area contributed by atoms with Gasteiger partial charge in [0.1, 0.15) is 5.40 Å². The van der Waals surface area contributed by atoms with Gasteiger partial charge in [-0.05, 0) is 36.2 Å². The standard InChI is InChI=1S/C9H8N2S/c10-7-12-9(3-4-9)8-2-1-5-11-6-8/h1-2,5-6H,3-4H2. The summed E-state index contributed by atoms with van der Waals surface area (Å²) in [4.78, 5) is 4.05. The molecule has 0 saturated heterocycles. The Morgan fingerprint density at radius 3 is 2.92 bits per heavy atom.